The van der Waals surface area contributed by atoms with Crippen LogP contribution in [0.1, 0.15) is 41.9 Å². The fourth-order valence-corrected chi connectivity index (χ4v) is 3.97. The number of para-hydroxylation sites is 1. The summed E-state index contributed by atoms with van der Waals surface area (Å²) in [5, 5.41) is 4.32. The van der Waals surface area contributed by atoms with Gasteiger partial charge in [-0.3, -0.25) is 14.4 Å². The number of anilines is 1. The summed E-state index contributed by atoms with van der Waals surface area (Å²) in [4.78, 5) is 17.6. The summed E-state index contributed by atoms with van der Waals surface area (Å²) < 4.78 is 7.27. The fraction of sp³-hybridized carbons (Fsp3) is 0.500. The van der Waals surface area contributed by atoms with Crippen LogP contribution < -0.4 is 4.90 Å². The second kappa shape index (κ2) is 7.21. The van der Waals surface area contributed by atoms with Crippen molar-refractivity contribution in [2.24, 2.45) is 0 Å². The quantitative estimate of drug-likeness (QED) is 0.847. The number of hydrogen-bond acceptors (Lipinski definition) is 4. The summed E-state index contributed by atoms with van der Waals surface area (Å²) in [5.41, 5.74) is 2.96. The molecule has 1 aromatic carbocycles. The van der Waals surface area contributed by atoms with E-state index in [2.05, 4.69) is 28.2 Å². The molecule has 6 nitrogen and oxygen atoms in total. The Bertz CT molecular complexity index is 780. The maximum Gasteiger partial charge on any atom is 0.276 e. The summed E-state index contributed by atoms with van der Waals surface area (Å²) in [7, 11) is 0. The highest BCUT2D eigenvalue weighted by molar-refractivity contribution is 6.06. The molecule has 1 unspecified atom stereocenters. The zero-order valence-electron chi connectivity index (χ0n) is 15.5. The van der Waals surface area contributed by atoms with Crippen molar-refractivity contribution >= 4 is 11.6 Å². The SMILES string of the molecule is CC(C)n1nccc1C(=O)N1CC(CN2CCOCC2)c2ccccc21. The van der Waals surface area contributed by atoms with Crippen molar-refractivity contribution in [3.63, 3.8) is 0 Å². The topological polar surface area (TPSA) is 50.6 Å². The average Bonchev–Trinajstić information content (AvgIpc) is 3.28. The molecule has 6 heteroatoms. The van der Waals surface area contributed by atoms with Crippen molar-refractivity contribution in [1.82, 2.24) is 14.7 Å². The van der Waals surface area contributed by atoms with E-state index in [-0.39, 0.29) is 11.9 Å². The van der Waals surface area contributed by atoms with Gasteiger partial charge in [0.25, 0.3) is 5.91 Å². The Hall–Kier alpha value is -2.18. The number of carbonyl (C=O) groups excluding carboxylic acids is 1. The van der Waals surface area contributed by atoms with Crippen LogP contribution in [-0.2, 0) is 4.74 Å². The van der Waals surface area contributed by atoms with Crippen molar-refractivity contribution in [2.75, 3.05) is 44.3 Å². The van der Waals surface area contributed by atoms with Gasteiger partial charge in [0.2, 0.25) is 0 Å². The number of nitrogens with zero attached hydrogens (tertiary/aromatic N) is 4. The van der Waals surface area contributed by atoms with Crippen LogP contribution in [0.25, 0.3) is 0 Å². The van der Waals surface area contributed by atoms with E-state index >= 15 is 0 Å². The van der Waals surface area contributed by atoms with Gasteiger partial charge in [0.1, 0.15) is 5.69 Å². The van der Waals surface area contributed by atoms with Crippen LogP contribution in [0.2, 0.25) is 0 Å². The highest BCUT2D eigenvalue weighted by atomic mass is 16.5. The summed E-state index contributed by atoms with van der Waals surface area (Å²) >= 11 is 0. The molecule has 4 rings (SSSR count). The number of carbonyl (C=O) groups is 1. The third-order valence-corrected chi connectivity index (χ3v) is 5.28. The smallest absolute Gasteiger partial charge is 0.276 e. The highest BCUT2D eigenvalue weighted by Crippen LogP contribution is 2.37. The first-order valence-corrected chi connectivity index (χ1v) is 9.39. The van der Waals surface area contributed by atoms with Crippen LogP contribution in [0.4, 0.5) is 5.69 Å². The van der Waals surface area contributed by atoms with Crippen molar-refractivity contribution in [2.45, 2.75) is 25.8 Å². The fourth-order valence-electron chi connectivity index (χ4n) is 3.97. The molecule has 0 spiro atoms. The molecule has 0 N–H and O–H groups in total. The van der Waals surface area contributed by atoms with Crippen LogP contribution in [0.5, 0.6) is 0 Å². The van der Waals surface area contributed by atoms with Crippen LogP contribution in [0.3, 0.4) is 0 Å². The van der Waals surface area contributed by atoms with Crippen molar-refractivity contribution < 1.29 is 9.53 Å². The number of benzene rings is 1. The molecule has 138 valence electrons. The van der Waals surface area contributed by atoms with Gasteiger partial charge in [0.05, 0.1) is 13.2 Å². The van der Waals surface area contributed by atoms with Gasteiger partial charge in [0, 0.05) is 50.0 Å². The molecule has 0 bridgehead atoms. The lowest BCUT2D eigenvalue weighted by Crippen LogP contribution is -2.40. The van der Waals surface area contributed by atoms with Gasteiger partial charge in [-0.15, -0.1) is 0 Å². The van der Waals surface area contributed by atoms with E-state index in [1.165, 1.54) is 5.56 Å². The molecule has 2 aromatic rings. The van der Waals surface area contributed by atoms with Gasteiger partial charge in [-0.25, -0.2) is 0 Å². The molecule has 1 fully saturated rings. The summed E-state index contributed by atoms with van der Waals surface area (Å²) in [6.45, 7) is 9.30. The lowest BCUT2D eigenvalue weighted by molar-refractivity contribution is 0.0356. The Morgan fingerprint density at radius 2 is 2.00 bits per heavy atom. The van der Waals surface area contributed by atoms with Crippen LogP contribution >= 0.6 is 0 Å². The van der Waals surface area contributed by atoms with Gasteiger partial charge < -0.3 is 9.64 Å². The number of ether oxygens (including phenoxy) is 1. The predicted molar refractivity (Wildman–Crippen MR) is 101 cm³/mol. The Morgan fingerprint density at radius 3 is 2.77 bits per heavy atom. The molecular weight excluding hydrogens is 328 g/mol. The maximum atomic E-state index is 13.3. The Kier molecular flexibility index (Phi) is 4.78. The number of hydrogen-bond donors (Lipinski definition) is 0. The monoisotopic (exact) mass is 354 g/mol. The number of morpholine rings is 1. The number of aromatic nitrogens is 2. The lowest BCUT2D eigenvalue weighted by atomic mass is 10.0. The summed E-state index contributed by atoms with van der Waals surface area (Å²) in [6.07, 6.45) is 1.71. The molecule has 1 saturated heterocycles. The van der Waals surface area contributed by atoms with E-state index in [0.29, 0.717) is 11.6 Å². The van der Waals surface area contributed by atoms with Crippen molar-refractivity contribution in [1.29, 1.82) is 0 Å². The lowest BCUT2D eigenvalue weighted by Gasteiger charge is -2.29. The number of rotatable bonds is 4. The first-order valence-electron chi connectivity index (χ1n) is 9.39. The van der Waals surface area contributed by atoms with Gasteiger partial charge in [0.15, 0.2) is 0 Å². The molecule has 0 saturated carbocycles. The predicted octanol–water partition coefficient (Wildman–Crippen LogP) is 2.54. The molecular formula is C20H26N4O2. The normalized spacial score (nSPS) is 20.6. The van der Waals surface area contributed by atoms with E-state index in [4.69, 9.17) is 4.74 Å². The van der Waals surface area contributed by atoms with E-state index < -0.39 is 0 Å². The first-order chi connectivity index (χ1) is 12.6. The van der Waals surface area contributed by atoms with E-state index in [1.807, 2.05) is 30.9 Å². The molecule has 0 aliphatic carbocycles. The minimum absolute atomic E-state index is 0.0353. The van der Waals surface area contributed by atoms with Crippen LogP contribution in [0, 0.1) is 0 Å². The number of fused-ring (bicyclic) bond motifs is 1. The largest absolute Gasteiger partial charge is 0.379 e. The standard InChI is InChI=1S/C20H26N4O2/c1-15(2)24-19(7-8-21-24)20(25)23-14-16(13-22-9-11-26-12-10-22)17-5-3-4-6-18(17)23/h3-8,15-16H,9-14H2,1-2H3. The second-order valence-corrected chi connectivity index (χ2v) is 7.34. The Balaban J connectivity index is 1.59. The van der Waals surface area contributed by atoms with E-state index in [9.17, 15) is 4.79 Å². The number of amides is 1. The Labute approximate surface area is 154 Å². The van der Waals surface area contributed by atoms with Crippen molar-refractivity contribution in [3.8, 4) is 0 Å². The first kappa shape index (κ1) is 17.2. The van der Waals surface area contributed by atoms with Crippen LogP contribution in [-0.4, -0.2) is 60.0 Å². The molecule has 0 radical (unpaired) electrons. The zero-order chi connectivity index (χ0) is 18.1. The third kappa shape index (κ3) is 3.15. The maximum absolute atomic E-state index is 13.3. The van der Waals surface area contributed by atoms with Gasteiger partial charge in [-0.1, -0.05) is 18.2 Å². The molecule has 2 aliphatic rings. The minimum Gasteiger partial charge on any atom is -0.379 e. The van der Waals surface area contributed by atoms with Gasteiger partial charge in [-0.05, 0) is 31.5 Å². The summed E-state index contributed by atoms with van der Waals surface area (Å²) in [5.74, 6) is 0.372. The molecule has 1 atom stereocenters. The van der Waals surface area contributed by atoms with Crippen molar-refractivity contribution in [3.05, 3.63) is 47.8 Å². The molecule has 26 heavy (non-hydrogen) atoms. The van der Waals surface area contributed by atoms with E-state index in [1.54, 1.807) is 10.9 Å². The minimum atomic E-state index is 0.0353. The third-order valence-electron chi connectivity index (χ3n) is 5.28. The molecule has 3 heterocycles. The Morgan fingerprint density at radius 1 is 1.23 bits per heavy atom. The summed E-state index contributed by atoms with van der Waals surface area (Å²) in [6, 6.07) is 10.3. The highest BCUT2D eigenvalue weighted by Gasteiger charge is 2.35. The zero-order valence-corrected chi connectivity index (χ0v) is 15.5. The average molecular weight is 354 g/mol. The van der Waals surface area contributed by atoms with E-state index in [0.717, 1.165) is 45.1 Å². The molecule has 2 aliphatic heterocycles. The second-order valence-electron chi connectivity index (χ2n) is 7.34. The van der Waals surface area contributed by atoms with Crippen LogP contribution in [0.15, 0.2) is 36.5 Å². The van der Waals surface area contributed by atoms with Gasteiger partial charge in [-0.2, -0.15) is 5.10 Å². The molecule has 1 amide bonds. The molecule has 1 aromatic heterocycles. The van der Waals surface area contributed by atoms with Gasteiger partial charge >= 0.3 is 0 Å².